The van der Waals surface area contributed by atoms with Gasteiger partial charge in [-0.15, -0.1) is 0 Å². The number of halogens is 1. The van der Waals surface area contributed by atoms with Crippen molar-refractivity contribution in [2.45, 2.75) is 6.92 Å². The van der Waals surface area contributed by atoms with Gasteiger partial charge >= 0.3 is 0 Å². The number of fused-ring (bicyclic) bond motifs is 1. The summed E-state index contributed by atoms with van der Waals surface area (Å²) in [6.45, 7) is 1.77. The molecule has 1 heterocycles. The quantitative estimate of drug-likeness (QED) is 0.671. The standard InChI is InChI=1S/C16H11ClN2O/c1-10-18-14-9-5-3-7-12(14)15(19-10)16(20)11-6-2-4-8-13(11)17/h2-9H,1H3. The van der Waals surface area contributed by atoms with Gasteiger partial charge in [0.2, 0.25) is 5.78 Å². The summed E-state index contributed by atoms with van der Waals surface area (Å²) in [7, 11) is 0. The molecule has 0 fully saturated rings. The third-order valence-electron chi connectivity index (χ3n) is 3.05. The molecule has 98 valence electrons. The van der Waals surface area contributed by atoms with E-state index >= 15 is 0 Å². The van der Waals surface area contributed by atoms with Crippen LogP contribution in [-0.2, 0) is 0 Å². The lowest BCUT2D eigenvalue weighted by atomic mass is 10.0. The summed E-state index contributed by atoms with van der Waals surface area (Å²) in [4.78, 5) is 21.3. The van der Waals surface area contributed by atoms with Crippen LogP contribution in [0.5, 0.6) is 0 Å². The number of benzene rings is 2. The minimum atomic E-state index is -0.183. The maximum Gasteiger partial charge on any atom is 0.213 e. The Balaban J connectivity index is 2.24. The molecule has 0 amide bonds. The Morgan fingerprint density at radius 2 is 1.70 bits per heavy atom. The lowest BCUT2D eigenvalue weighted by Crippen LogP contribution is -2.08. The Bertz CT molecular complexity index is 814. The average Bonchev–Trinajstić information content (AvgIpc) is 2.46. The minimum Gasteiger partial charge on any atom is -0.287 e. The molecule has 2 aromatic carbocycles. The van der Waals surface area contributed by atoms with Crippen LogP contribution >= 0.6 is 11.6 Å². The number of carbonyl (C=O) groups excluding carboxylic acids is 1. The molecule has 3 rings (SSSR count). The maximum absolute atomic E-state index is 12.7. The van der Waals surface area contributed by atoms with Crippen LogP contribution in [0.4, 0.5) is 0 Å². The van der Waals surface area contributed by atoms with Gasteiger partial charge < -0.3 is 0 Å². The van der Waals surface area contributed by atoms with Crippen LogP contribution in [0.3, 0.4) is 0 Å². The van der Waals surface area contributed by atoms with Crippen LogP contribution in [0.25, 0.3) is 10.9 Å². The zero-order chi connectivity index (χ0) is 14.1. The molecule has 4 heteroatoms. The van der Waals surface area contributed by atoms with Crippen molar-refractivity contribution in [1.29, 1.82) is 0 Å². The summed E-state index contributed by atoms with van der Waals surface area (Å²) in [6, 6.07) is 14.5. The van der Waals surface area contributed by atoms with Crippen LogP contribution in [-0.4, -0.2) is 15.8 Å². The van der Waals surface area contributed by atoms with Gasteiger partial charge in [0.1, 0.15) is 11.5 Å². The molecule has 3 aromatic rings. The van der Waals surface area contributed by atoms with Crippen molar-refractivity contribution in [1.82, 2.24) is 9.97 Å². The minimum absolute atomic E-state index is 0.183. The molecule has 0 aliphatic heterocycles. The van der Waals surface area contributed by atoms with E-state index in [1.165, 1.54) is 0 Å². The van der Waals surface area contributed by atoms with Gasteiger partial charge in [-0.3, -0.25) is 4.79 Å². The predicted octanol–water partition coefficient (Wildman–Crippen LogP) is 3.82. The molecule has 0 saturated heterocycles. The van der Waals surface area contributed by atoms with Crippen molar-refractivity contribution in [3.8, 4) is 0 Å². The Hall–Kier alpha value is -2.26. The monoisotopic (exact) mass is 282 g/mol. The highest BCUT2D eigenvalue weighted by Crippen LogP contribution is 2.22. The smallest absolute Gasteiger partial charge is 0.213 e. The highest BCUT2D eigenvalue weighted by molar-refractivity contribution is 6.35. The van der Waals surface area contributed by atoms with Crippen LogP contribution < -0.4 is 0 Å². The summed E-state index contributed by atoms with van der Waals surface area (Å²) in [6.07, 6.45) is 0. The summed E-state index contributed by atoms with van der Waals surface area (Å²) < 4.78 is 0. The van der Waals surface area contributed by atoms with Crippen molar-refractivity contribution in [3.05, 3.63) is 70.6 Å². The van der Waals surface area contributed by atoms with Gasteiger partial charge in [-0.05, 0) is 25.1 Å². The number of aryl methyl sites for hydroxylation is 1. The number of para-hydroxylation sites is 1. The van der Waals surface area contributed by atoms with E-state index in [1.54, 1.807) is 31.2 Å². The van der Waals surface area contributed by atoms with E-state index in [0.717, 1.165) is 10.9 Å². The first-order chi connectivity index (χ1) is 9.66. The number of hydrogen-bond acceptors (Lipinski definition) is 3. The Morgan fingerprint density at radius 1 is 1.00 bits per heavy atom. The number of rotatable bonds is 2. The Morgan fingerprint density at radius 3 is 2.50 bits per heavy atom. The second kappa shape index (κ2) is 5.02. The average molecular weight is 283 g/mol. The molecule has 3 nitrogen and oxygen atoms in total. The van der Waals surface area contributed by atoms with Crippen LogP contribution in [0.1, 0.15) is 21.9 Å². The molecule has 0 spiro atoms. The third kappa shape index (κ3) is 2.17. The fraction of sp³-hybridized carbons (Fsp3) is 0.0625. The largest absolute Gasteiger partial charge is 0.287 e. The number of nitrogens with zero attached hydrogens (tertiary/aromatic N) is 2. The molecule has 0 bridgehead atoms. The van der Waals surface area contributed by atoms with Crippen molar-refractivity contribution >= 4 is 28.3 Å². The topological polar surface area (TPSA) is 42.9 Å². The van der Waals surface area contributed by atoms with E-state index in [1.807, 2.05) is 24.3 Å². The lowest BCUT2D eigenvalue weighted by Gasteiger charge is -2.07. The molecule has 0 N–H and O–H groups in total. The number of ketones is 1. The van der Waals surface area contributed by atoms with E-state index in [2.05, 4.69) is 9.97 Å². The van der Waals surface area contributed by atoms with Gasteiger partial charge in [0.05, 0.1) is 10.5 Å². The molecule has 0 aliphatic rings. The first-order valence-corrected chi connectivity index (χ1v) is 6.57. The second-order valence-electron chi connectivity index (χ2n) is 4.45. The summed E-state index contributed by atoms with van der Waals surface area (Å²) in [5.41, 5.74) is 1.61. The molecule has 0 radical (unpaired) electrons. The summed E-state index contributed by atoms with van der Waals surface area (Å²) in [5, 5.41) is 1.17. The molecule has 20 heavy (non-hydrogen) atoms. The van der Waals surface area contributed by atoms with Crippen LogP contribution in [0, 0.1) is 6.92 Å². The molecular formula is C16H11ClN2O. The number of carbonyl (C=O) groups is 1. The van der Waals surface area contributed by atoms with E-state index in [9.17, 15) is 4.79 Å². The van der Waals surface area contributed by atoms with E-state index in [4.69, 9.17) is 11.6 Å². The second-order valence-corrected chi connectivity index (χ2v) is 4.85. The fourth-order valence-corrected chi connectivity index (χ4v) is 2.36. The van der Waals surface area contributed by atoms with Crippen molar-refractivity contribution in [2.75, 3.05) is 0 Å². The van der Waals surface area contributed by atoms with Crippen molar-refractivity contribution in [2.24, 2.45) is 0 Å². The van der Waals surface area contributed by atoms with Gasteiger partial charge in [0.15, 0.2) is 0 Å². The first kappa shape index (κ1) is 12.8. The molecule has 1 aromatic heterocycles. The van der Waals surface area contributed by atoms with Crippen LogP contribution in [0.2, 0.25) is 5.02 Å². The predicted molar refractivity (Wildman–Crippen MR) is 79.2 cm³/mol. The molecule has 0 saturated carbocycles. The van der Waals surface area contributed by atoms with E-state index in [-0.39, 0.29) is 5.78 Å². The zero-order valence-electron chi connectivity index (χ0n) is 10.8. The van der Waals surface area contributed by atoms with Gasteiger partial charge in [0, 0.05) is 10.9 Å². The third-order valence-corrected chi connectivity index (χ3v) is 3.38. The SMILES string of the molecule is Cc1nc(C(=O)c2ccccc2Cl)c2ccccc2n1. The number of hydrogen-bond donors (Lipinski definition) is 0. The Kier molecular flexibility index (Phi) is 3.20. The lowest BCUT2D eigenvalue weighted by molar-refractivity contribution is 0.103. The molecule has 0 unspecified atom stereocenters. The summed E-state index contributed by atoms with van der Waals surface area (Å²) in [5.74, 6) is 0.386. The molecule has 0 aliphatic carbocycles. The molecule has 0 atom stereocenters. The normalized spacial score (nSPS) is 10.7. The fourth-order valence-electron chi connectivity index (χ4n) is 2.14. The zero-order valence-corrected chi connectivity index (χ0v) is 11.6. The van der Waals surface area contributed by atoms with Gasteiger partial charge in [-0.25, -0.2) is 9.97 Å². The molecular weight excluding hydrogens is 272 g/mol. The van der Waals surface area contributed by atoms with Gasteiger partial charge in [-0.1, -0.05) is 41.9 Å². The van der Waals surface area contributed by atoms with E-state index < -0.39 is 0 Å². The Labute approximate surface area is 121 Å². The first-order valence-electron chi connectivity index (χ1n) is 6.19. The highest BCUT2D eigenvalue weighted by atomic mass is 35.5. The summed E-state index contributed by atoms with van der Waals surface area (Å²) >= 11 is 6.10. The highest BCUT2D eigenvalue weighted by Gasteiger charge is 2.17. The van der Waals surface area contributed by atoms with Crippen LogP contribution in [0.15, 0.2) is 48.5 Å². The van der Waals surface area contributed by atoms with Crippen molar-refractivity contribution in [3.63, 3.8) is 0 Å². The van der Waals surface area contributed by atoms with Gasteiger partial charge in [-0.2, -0.15) is 0 Å². The maximum atomic E-state index is 12.7. The van der Waals surface area contributed by atoms with Gasteiger partial charge in [0.25, 0.3) is 0 Å². The van der Waals surface area contributed by atoms with E-state index in [0.29, 0.717) is 22.1 Å². The van der Waals surface area contributed by atoms with Crippen molar-refractivity contribution < 1.29 is 4.79 Å². The number of aromatic nitrogens is 2.